The third kappa shape index (κ3) is 2.84. The third-order valence-corrected chi connectivity index (χ3v) is 3.63. The largest absolute Gasteiger partial charge is 0.338 e. The van der Waals surface area contributed by atoms with Crippen molar-refractivity contribution in [1.82, 2.24) is 10.3 Å². The highest BCUT2D eigenvalue weighted by Crippen LogP contribution is 2.20. The number of carbonyl (C=O) groups is 2. The summed E-state index contributed by atoms with van der Waals surface area (Å²) in [6.07, 6.45) is 4.21. The van der Waals surface area contributed by atoms with Crippen LogP contribution in [0.15, 0.2) is 5.10 Å². The van der Waals surface area contributed by atoms with E-state index in [4.69, 9.17) is 0 Å². The maximum Gasteiger partial charge on any atom is 0.270 e. The van der Waals surface area contributed by atoms with E-state index in [1.54, 1.807) is 0 Å². The summed E-state index contributed by atoms with van der Waals surface area (Å²) in [7, 11) is 0. The molecule has 0 aliphatic carbocycles. The minimum absolute atomic E-state index is 0.000414. The van der Waals surface area contributed by atoms with E-state index in [1.807, 2.05) is 4.90 Å². The van der Waals surface area contributed by atoms with Gasteiger partial charge in [0.1, 0.15) is 5.71 Å². The van der Waals surface area contributed by atoms with Crippen molar-refractivity contribution in [3.63, 3.8) is 0 Å². The minimum Gasteiger partial charge on any atom is -0.338 e. The van der Waals surface area contributed by atoms with E-state index in [1.165, 1.54) is 6.42 Å². The van der Waals surface area contributed by atoms with Gasteiger partial charge >= 0.3 is 0 Å². The molecular weight excluding hydrogens is 218 g/mol. The molecule has 5 nitrogen and oxygen atoms in total. The van der Waals surface area contributed by atoms with Crippen molar-refractivity contribution in [3.05, 3.63) is 0 Å². The fraction of sp³-hybridized carbons (Fsp3) is 0.750. The van der Waals surface area contributed by atoms with E-state index in [2.05, 4.69) is 17.5 Å². The molecule has 5 heteroatoms. The molecule has 2 amide bonds. The molecule has 2 heterocycles. The third-order valence-electron chi connectivity index (χ3n) is 3.63. The lowest BCUT2D eigenvalue weighted by Crippen LogP contribution is -2.44. The van der Waals surface area contributed by atoms with Crippen molar-refractivity contribution in [1.29, 1.82) is 0 Å². The number of hydrogen-bond donors (Lipinski definition) is 1. The van der Waals surface area contributed by atoms with Gasteiger partial charge in [0.25, 0.3) is 5.91 Å². The van der Waals surface area contributed by atoms with E-state index in [0.717, 1.165) is 31.8 Å². The lowest BCUT2D eigenvalue weighted by molar-refractivity contribution is -0.125. The number of nitrogens with one attached hydrogen (secondary N) is 1. The van der Waals surface area contributed by atoms with E-state index in [0.29, 0.717) is 18.6 Å². The number of piperidine rings is 1. The molecule has 0 spiro atoms. The fourth-order valence-electron chi connectivity index (χ4n) is 2.36. The molecule has 17 heavy (non-hydrogen) atoms. The molecule has 94 valence electrons. The molecule has 0 radical (unpaired) electrons. The fourth-order valence-corrected chi connectivity index (χ4v) is 2.36. The molecule has 0 saturated carbocycles. The number of carbonyl (C=O) groups excluding carboxylic acids is 2. The van der Waals surface area contributed by atoms with Crippen molar-refractivity contribution in [2.24, 2.45) is 11.0 Å². The van der Waals surface area contributed by atoms with E-state index in [-0.39, 0.29) is 11.8 Å². The van der Waals surface area contributed by atoms with Crippen LogP contribution < -0.4 is 5.43 Å². The number of hydrazone groups is 1. The summed E-state index contributed by atoms with van der Waals surface area (Å²) in [5, 5.41) is 3.85. The van der Waals surface area contributed by atoms with Crippen LogP contribution in [0.2, 0.25) is 0 Å². The molecule has 0 aromatic rings. The predicted octanol–water partition coefficient (Wildman–Crippen LogP) is 0.901. The first-order valence-electron chi connectivity index (χ1n) is 6.35. The van der Waals surface area contributed by atoms with Crippen LogP contribution in [0.5, 0.6) is 0 Å². The van der Waals surface area contributed by atoms with Crippen LogP contribution in [-0.4, -0.2) is 35.5 Å². The summed E-state index contributed by atoms with van der Waals surface area (Å²) >= 11 is 0. The highest BCUT2D eigenvalue weighted by Gasteiger charge is 2.26. The standard InChI is InChI=1S/C12H19N3O2/c1-2-9-5-7-15(8-6-9)12(17)10-3-4-11(16)14-13-10/h9H,2-8H2,1H3,(H,14,16). The average molecular weight is 237 g/mol. The van der Waals surface area contributed by atoms with Gasteiger partial charge in [0.15, 0.2) is 0 Å². The maximum atomic E-state index is 12.1. The first-order chi connectivity index (χ1) is 8.20. The van der Waals surface area contributed by atoms with Gasteiger partial charge in [-0.05, 0) is 18.8 Å². The van der Waals surface area contributed by atoms with Crippen LogP contribution in [0.1, 0.15) is 39.0 Å². The zero-order valence-electron chi connectivity index (χ0n) is 10.2. The Morgan fingerprint density at radius 3 is 2.65 bits per heavy atom. The molecule has 1 fully saturated rings. The van der Waals surface area contributed by atoms with Gasteiger partial charge in [0.05, 0.1) is 0 Å². The van der Waals surface area contributed by atoms with Gasteiger partial charge in [0, 0.05) is 25.9 Å². The zero-order chi connectivity index (χ0) is 12.3. The van der Waals surface area contributed by atoms with Gasteiger partial charge in [-0.3, -0.25) is 9.59 Å². The summed E-state index contributed by atoms with van der Waals surface area (Å²) in [4.78, 5) is 24.9. The number of nitrogens with zero attached hydrogens (tertiary/aromatic N) is 2. The average Bonchev–Trinajstić information content (AvgIpc) is 2.39. The summed E-state index contributed by atoms with van der Waals surface area (Å²) in [6.45, 7) is 3.84. The Labute approximate surface area is 101 Å². The lowest BCUT2D eigenvalue weighted by atomic mass is 9.94. The molecule has 0 atom stereocenters. The smallest absolute Gasteiger partial charge is 0.270 e. The molecule has 0 aromatic carbocycles. The number of rotatable bonds is 2. The topological polar surface area (TPSA) is 61.8 Å². The zero-order valence-corrected chi connectivity index (χ0v) is 10.2. The summed E-state index contributed by atoms with van der Waals surface area (Å²) in [6, 6.07) is 0. The summed E-state index contributed by atoms with van der Waals surface area (Å²) in [5.41, 5.74) is 2.87. The molecular formula is C12H19N3O2. The maximum absolute atomic E-state index is 12.1. The Morgan fingerprint density at radius 1 is 1.41 bits per heavy atom. The molecule has 0 bridgehead atoms. The van der Waals surface area contributed by atoms with Crippen molar-refractivity contribution in [2.45, 2.75) is 39.0 Å². The van der Waals surface area contributed by atoms with Crippen molar-refractivity contribution >= 4 is 17.5 Å². The van der Waals surface area contributed by atoms with E-state index in [9.17, 15) is 9.59 Å². The monoisotopic (exact) mass is 237 g/mol. The second kappa shape index (κ2) is 5.29. The Bertz CT molecular complexity index is 344. The Hall–Kier alpha value is -1.39. The Morgan fingerprint density at radius 2 is 2.12 bits per heavy atom. The van der Waals surface area contributed by atoms with Crippen LogP contribution in [0, 0.1) is 5.92 Å². The molecule has 2 aliphatic rings. The normalized spacial score (nSPS) is 22.1. The van der Waals surface area contributed by atoms with E-state index < -0.39 is 0 Å². The quantitative estimate of drug-likeness (QED) is 0.775. The second-order valence-corrected chi connectivity index (χ2v) is 4.74. The molecule has 2 rings (SSSR count). The summed E-state index contributed by atoms with van der Waals surface area (Å²) in [5.74, 6) is 0.651. The summed E-state index contributed by atoms with van der Waals surface area (Å²) < 4.78 is 0. The highest BCUT2D eigenvalue weighted by atomic mass is 16.2. The molecule has 0 aromatic heterocycles. The highest BCUT2D eigenvalue weighted by molar-refractivity contribution is 6.39. The van der Waals surface area contributed by atoms with Gasteiger partial charge in [-0.15, -0.1) is 0 Å². The molecule has 2 aliphatic heterocycles. The molecule has 1 saturated heterocycles. The Balaban J connectivity index is 1.90. The van der Waals surface area contributed by atoms with Crippen molar-refractivity contribution in [2.75, 3.05) is 13.1 Å². The van der Waals surface area contributed by atoms with Crippen molar-refractivity contribution in [3.8, 4) is 0 Å². The number of likely N-dealkylation sites (tertiary alicyclic amines) is 1. The number of amides is 2. The van der Waals surface area contributed by atoms with Gasteiger partial charge < -0.3 is 4.90 Å². The van der Waals surface area contributed by atoms with Crippen LogP contribution in [-0.2, 0) is 9.59 Å². The van der Waals surface area contributed by atoms with Gasteiger partial charge in [0.2, 0.25) is 5.91 Å². The lowest BCUT2D eigenvalue weighted by Gasteiger charge is -2.32. The first kappa shape index (κ1) is 12.1. The second-order valence-electron chi connectivity index (χ2n) is 4.74. The van der Waals surface area contributed by atoms with Crippen LogP contribution in [0.25, 0.3) is 0 Å². The van der Waals surface area contributed by atoms with Gasteiger partial charge in [-0.2, -0.15) is 5.10 Å². The van der Waals surface area contributed by atoms with Crippen LogP contribution >= 0.6 is 0 Å². The SMILES string of the molecule is CCC1CCN(C(=O)C2=NNC(=O)CC2)CC1. The predicted molar refractivity (Wildman–Crippen MR) is 64.4 cm³/mol. The Kier molecular flexibility index (Phi) is 3.76. The van der Waals surface area contributed by atoms with Crippen LogP contribution in [0.3, 0.4) is 0 Å². The molecule has 1 N–H and O–H groups in total. The van der Waals surface area contributed by atoms with Crippen molar-refractivity contribution < 1.29 is 9.59 Å². The van der Waals surface area contributed by atoms with E-state index >= 15 is 0 Å². The van der Waals surface area contributed by atoms with Gasteiger partial charge in [-0.25, -0.2) is 5.43 Å². The van der Waals surface area contributed by atoms with Crippen LogP contribution in [0.4, 0.5) is 0 Å². The number of hydrogen-bond acceptors (Lipinski definition) is 3. The minimum atomic E-state index is -0.105. The van der Waals surface area contributed by atoms with Gasteiger partial charge in [-0.1, -0.05) is 13.3 Å². The first-order valence-corrected chi connectivity index (χ1v) is 6.35. The molecule has 0 unspecified atom stereocenters.